The van der Waals surface area contributed by atoms with Crippen LogP contribution in [0, 0.1) is 34.0 Å². The highest BCUT2D eigenvalue weighted by atomic mass is 127. The van der Waals surface area contributed by atoms with Gasteiger partial charge in [0, 0.05) is 9.84 Å². The van der Waals surface area contributed by atoms with Gasteiger partial charge in [0.25, 0.3) is 0 Å². The van der Waals surface area contributed by atoms with Crippen LogP contribution >= 0.6 is 22.6 Å². The minimum atomic E-state index is -0.448. The minimum absolute atomic E-state index is 0.107. The number of aliphatic hydroxyl groups is 1. The summed E-state index contributed by atoms with van der Waals surface area (Å²) in [6.45, 7) is 4.33. The second kappa shape index (κ2) is 5.18. The first-order chi connectivity index (χ1) is 10.8. The molecule has 0 amide bonds. The van der Waals surface area contributed by atoms with Crippen LogP contribution in [-0.2, 0) is 4.79 Å². The van der Waals surface area contributed by atoms with Crippen LogP contribution in [0.4, 0.5) is 0 Å². The third-order valence-corrected chi connectivity index (χ3v) is 10.3. The number of hydrogen-bond donors (Lipinski definition) is 1. The van der Waals surface area contributed by atoms with Gasteiger partial charge in [-0.05, 0) is 86.9 Å². The molecule has 0 heterocycles. The van der Waals surface area contributed by atoms with E-state index < -0.39 is 5.60 Å². The van der Waals surface area contributed by atoms with Crippen molar-refractivity contribution in [2.24, 2.45) is 34.0 Å². The Bertz CT molecular complexity index is 518. The van der Waals surface area contributed by atoms with Crippen LogP contribution in [0.15, 0.2) is 0 Å². The van der Waals surface area contributed by atoms with Gasteiger partial charge in [-0.15, -0.1) is 0 Å². The Morgan fingerprint density at radius 1 is 1.13 bits per heavy atom. The van der Waals surface area contributed by atoms with Crippen molar-refractivity contribution in [3.63, 3.8) is 0 Å². The van der Waals surface area contributed by atoms with E-state index >= 15 is 0 Å². The van der Waals surface area contributed by atoms with Gasteiger partial charge >= 0.3 is 0 Å². The largest absolute Gasteiger partial charge is 0.390 e. The monoisotopic (exact) mass is 430 g/mol. The molecule has 5 rings (SSSR count). The van der Waals surface area contributed by atoms with Gasteiger partial charge in [-0.3, -0.25) is 0 Å². The molecule has 5 aliphatic rings. The third kappa shape index (κ3) is 2.10. The molecule has 4 unspecified atom stereocenters. The van der Waals surface area contributed by atoms with Crippen molar-refractivity contribution in [1.29, 1.82) is 0 Å². The van der Waals surface area contributed by atoms with E-state index in [9.17, 15) is 9.90 Å². The molecule has 1 spiro atoms. The normalized spacial score (nSPS) is 58.3. The van der Waals surface area contributed by atoms with Crippen molar-refractivity contribution in [2.75, 3.05) is 4.43 Å². The van der Waals surface area contributed by atoms with Crippen molar-refractivity contribution in [3.05, 3.63) is 0 Å². The van der Waals surface area contributed by atoms with Crippen LogP contribution in [0.1, 0.15) is 71.6 Å². The summed E-state index contributed by atoms with van der Waals surface area (Å²) < 4.78 is 1.19. The molecule has 7 atom stereocenters. The second-order valence-corrected chi connectivity index (χ2v) is 10.6. The average Bonchev–Trinajstić information content (AvgIpc) is 2.53. The summed E-state index contributed by atoms with van der Waals surface area (Å²) in [5.74, 6) is 1.79. The molecule has 0 aromatic rings. The van der Waals surface area contributed by atoms with Gasteiger partial charge < -0.3 is 9.90 Å². The lowest BCUT2D eigenvalue weighted by atomic mass is 9.36. The van der Waals surface area contributed by atoms with E-state index in [-0.39, 0.29) is 5.41 Å². The standard InChI is InChI=1S/C20H31IO2/c1-17(13-22)6-3-7-20(12-21)15(17)5-9-19-8-4-14(10-16(19)20)18(2,23)11-19/h13-16,23H,3-12H2,1-2H3/t14?,15-,16?,17?,18+,19-,20?/m1/s1. The molecular weight excluding hydrogens is 399 g/mol. The van der Waals surface area contributed by atoms with E-state index in [0.717, 1.165) is 18.8 Å². The van der Waals surface area contributed by atoms with Gasteiger partial charge in [0.05, 0.1) is 5.60 Å². The van der Waals surface area contributed by atoms with Gasteiger partial charge in [0.1, 0.15) is 6.29 Å². The fraction of sp³-hybridized carbons (Fsp3) is 0.950. The van der Waals surface area contributed by atoms with Crippen LogP contribution < -0.4 is 0 Å². The summed E-state index contributed by atoms with van der Waals surface area (Å²) in [5, 5.41) is 10.9. The Balaban J connectivity index is 1.77. The highest BCUT2D eigenvalue weighted by Gasteiger charge is 2.67. The van der Waals surface area contributed by atoms with Crippen LogP contribution in [0.2, 0.25) is 0 Å². The molecule has 0 saturated heterocycles. The molecule has 5 fully saturated rings. The van der Waals surface area contributed by atoms with Gasteiger partial charge in [0.2, 0.25) is 0 Å². The zero-order chi connectivity index (χ0) is 16.5. The lowest BCUT2D eigenvalue weighted by molar-refractivity contribution is -0.226. The van der Waals surface area contributed by atoms with Gasteiger partial charge in [0.15, 0.2) is 0 Å². The maximum absolute atomic E-state index is 12.0. The van der Waals surface area contributed by atoms with Gasteiger partial charge in [-0.2, -0.15) is 0 Å². The maximum atomic E-state index is 12.0. The molecule has 5 saturated carbocycles. The fourth-order valence-corrected chi connectivity index (χ4v) is 9.26. The summed E-state index contributed by atoms with van der Waals surface area (Å²) in [5.41, 5.74) is 0.157. The van der Waals surface area contributed by atoms with Crippen LogP contribution in [0.25, 0.3) is 0 Å². The number of alkyl halides is 1. The summed E-state index contributed by atoms with van der Waals surface area (Å²) in [6, 6.07) is 0. The summed E-state index contributed by atoms with van der Waals surface area (Å²) >= 11 is 2.62. The molecule has 5 aliphatic carbocycles. The Hall–Kier alpha value is 0.360. The summed E-state index contributed by atoms with van der Waals surface area (Å²) in [7, 11) is 0. The molecular formula is C20H31IO2. The predicted molar refractivity (Wildman–Crippen MR) is 101 cm³/mol. The van der Waals surface area contributed by atoms with E-state index in [1.165, 1.54) is 55.7 Å². The fourth-order valence-electron chi connectivity index (χ4n) is 7.82. The van der Waals surface area contributed by atoms with E-state index in [0.29, 0.717) is 22.7 Å². The SMILES string of the molecule is CC1(C=O)CCCC2(CI)C3CC4CC[C@@]3(CC[C@H]12)C[C@]4(C)O. The van der Waals surface area contributed by atoms with Crippen molar-refractivity contribution < 1.29 is 9.90 Å². The molecule has 0 aromatic heterocycles. The van der Waals surface area contributed by atoms with Gasteiger partial charge in [-0.25, -0.2) is 0 Å². The van der Waals surface area contributed by atoms with Crippen molar-refractivity contribution in [1.82, 2.24) is 0 Å². The van der Waals surface area contributed by atoms with Crippen LogP contribution in [0.3, 0.4) is 0 Å². The first-order valence-electron chi connectivity index (χ1n) is 9.57. The molecule has 1 N–H and O–H groups in total. The van der Waals surface area contributed by atoms with Crippen molar-refractivity contribution in [2.45, 2.75) is 77.2 Å². The number of aldehydes is 1. The van der Waals surface area contributed by atoms with Crippen molar-refractivity contribution in [3.8, 4) is 0 Å². The maximum Gasteiger partial charge on any atom is 0.126 e. The lowest BCUT2D eigenvalue weighted by Crippen LogP contribution is -2.65. The van der Waals surface area contributed by atoms with E-state index in [1.807, 2.05) is 0 Å². The smallest absolute Gasteiger partial charge is 0.126 e. The van der Waals surface area contributed by atoms with Gasteiger partial charge in [-0.1, -0.05) is 35.9 Å². The molecule has 0 radical (unpaired) electrons. The van der Waals surface area contributed by atoms with Crippen molar-refractivity contribution >= 4 is 28.9 Å². The number of carbonyl (C=O) groups excluding carboxylic acids is 1. The number of carbonyl (C=O) groups is 1. The minimum Gasteiger partial charge on any atom is -0.390 e. The summed E-state index contributed by atoms with van der Waals surface area (Å²) in [6.07, 6.45) is 12.1. The lowest BCUT2D eigenvalue weighted by Gasteiger charge is -2.70. The molecule has 0 aromatic carbocycles. The quantitative estimate of drug-likeness (QED) is 0.390. The number of fused-ring (bicyclic) bond motifs is 3. The molecule has 2 nitrogen and oxygen atoms in total. The third-order valence-electron chi connectivity index (χ3n) is 8.83. The first-order valence-corrected chi connectivity index (χ1v) is 11.1. The average molecular weight is 430 g/mol. The molecule has 3 heteroatoms. The van der Waals surface area contributed by atoms with E-state index in [1.54, 1.807) is 0 Å². The highest BCUT2D eigenvalue weighted by Crippen LogP contribution is 2.72. The van der Waals surface area contributed by atoms with E-state index in [2.05, 4.69) is 36.4 Å². The molecule has 0 aliphatic heterocycles. The Labute approximate surface area is 154 Å². The van der Waals surface area contributed by atoms with E-state index in [4.69, 9.17) is 0 Å². The number of halogens is 1. The first kappa shape index (κ1) is 16.8. The predicted octanol–water partition coefficient (Wildman–Crippen LogP) is 4.76. The zero-order valence-electron chi connectivity index (χ0n) is 14.6. The number of hydrogen-bond acceptors (Lipinski definition) is 2. The second-order valence-electron chi connectivity index (χ2n) is 9.86. The zero-order valence-corrected chi connectivity index (χ0v) is 16.8. The Kier molecular flexibility index (Phi) is 3.79. The topological polar surface area (TPSA) is 37.3 Å². The number of rotatable bonds is 2. The highest BCUT2D eigenvalue weighted by molar-refractivity contribution is 14.1. The summed E-state index contributed by atoms with van der Waals surface area (Å²) in [4.78, 5) is 12.0. The van der Waals surface area contributed by atoms with Crippen LogP contribution in [0.5, 0.6) is 0 Å². The van der Waals surface area contributed by atoms with Crippen LogP contribution in [-0.4, -0.2) is 21.4 Å². The Morgan fingerprint density at radius 2 is 1.87 bits per heavy atom. The Morgan fingerprint density at radius 3 is 2.52 bits per heavy atom. The molecule has 2 bridgehead atoms. The molecule has 23 heavy (non-hydrogen) atoms. The molecule has 130 valence electrons.